The van der Waals surface area contributed by atoms with E-state index in [-0.39, 0.29) is 6.04 Å². The van der Waals surface area contributed by atoms with Crippen molar-refractivity contribution in [1.82, 2.24) is 5.32 Å². The van der Waals surface area contributed by atoms with Crippen LogP contribution in [0.2, 0.25) is 0 Å². The molecule has 1 unspecified atom stereocenters. The van der Waals surface area contributed by atoms with E-state index in [0.29, 0.717) is 0 Å². The van der Waals surface area contributed by atoms with Gasteiger partial charge in [0.05, 0.1) is 0 Å². The van der Waals surface area contributed by atoms with Crippen molar-refractivity contribution < 1.29 is 27.9 Å². The summed E-state index contributed by atoms with van der Waals surface area (Å²) in [6.07, 6.45) is -4.99. The number of rotatable bonds is 5. The van der Waals surface area contributed by atoms with Gasteiger partial charge < -0.3 is 10.4 Å². The third-order valence-electron chi connectivity index (χ3n) is 2.79. The molecule has 4 nitrogen and oxygen atoms in total. The number of alkyl halides is 3. The zero-order valence-corrected chi connectivity index (χ0v) is 9.30. The topological polar surface area (TPSA) is 66.4 Å². The zero-order valence-electron chi connectivity index (χ0n) is 9.30. The van der Waals surface area contributed by atoms with Crippen LogP contribution in [0.25, 0.3) is 0 Å². The number of carboxylic acid groups (broad SMARTS) is 1. The van der Waals surface area contributed by atoms with Gasteiger partial charge in [-0.25, -0.2) is 0 Å². The highest BCUT2D eigenvalue weighted by Crippen LogP contribution is 2.32. The molecule has 0 spiro atoms. The average Bonchev–Trinajstić information content (AvgIpc) is 2.96. The number of carboxylic acids is 1. The summed E-state index contributed by atoms with van der Waals surface area (Å²) < 4.78 is 36.2. The highest BCUT2D eigenvalue weighted by molar-refractivity contribution is 6.01. The first-order chi connectivity index (χ1) is 7.65. The lowest BCUT2D eigenvalue weighted by Gasteiger charge is -2.24. The molecule has 17 heavy (non-hydrogen) atoms. The highest BCUT2D eigenvalue weighted by Gasteiger charge is 2.45. The Morgan fingerprint density at radius 3 is 2.18 bits per heavy atom. The Kier molecular flexibility index (Phi) is 3.68. The number of carbonyl (C=O) groups is 2. The number of hydrogen-bond acceptors (Lipinski definition) is 2. The fraction of sp³-hybridized carbons (Fsp3) is 0.800. The Morgan fingerprint density at radius 1 is 1.29 bits per heavy atom. The molecule has 1 amide bonds. The molecule has 0 aliphatic heterocycles. The summed E-state index contributed by atoms with van der Waals surface area (Å²) in [7, 11) is 0. The lowest BCUT2D eigenvalue weighted by Crippen LogP contribution is -2.45. The average molecular weight is 253 g/mol. The van der Waals surface area contributed by atoms with Gasteiger partial charge in [0.15, 0.2) is 0 Å². The molecule has 1 fully saturated rings. The molecule has 0 saturated heterocycles. The van der Waals surface area contributed by atoms with Crippen LogP contribution in [-0.2, 0) is 9.59 Å². The third-order valence-corrected chi connectivity index (χ3v) is 2.79. The molecule has 1 aliphatic carbocycles. The van der Waals surface area contributed by atoms with Gasteiger partial charge in [-0.15, -0.1) is 0 Å². The van der Waals surface area contributed by atoms with Crippen molar-refractivity contribution in [2.75, 3.05) is 0 Å². The third kappa shape index (κ3) is 3.90. The van der Waals surface area contributed by atoms with E-state index in [4.69, 9.17) is 5.11 Å². The lowest BCUT2D eigenvalue weighted by atomic mass is 9.84. The first kappa shape index (κ1) is 13.8. The smallest absolute Gasteiger partial charge is 0.389 e. The van der Waals surface area contributed by atoms with Crippen LogP contribution >= 0.6 is 0 Å². The molecule has 0 heterocycles. The molecule has 1 atom stereocenters. The molecule has 1 rings (SSSR count). The van der Waals surface area contributed by atoms with E-state index in [0.717, 1.165) is 19.8 Å². The molecule has 0 aromatic heterocycles. The van der Waals surface area contributed by atoms with Gasteiger partial charge in [0.25, 0.3) is 0 Å². The Bertz CT molecular complexity index is 325. The van der Waals surface area contributed by atoms with Crippen molar-refractivity contribution >= 4 is 11.9 Å². The second-order valence-electron chi connectivity index (χ2n) is 4.50. The first-order valence-corrected chi connectivity index (χ1v) is 5.26. The van der Waals surface area contributed by atoms with Crippen LogP contribution in [0, 0.1) is 5.41 Å². The van der Waals surface area contributed by atoms with Crippen molar-refractivity contribution in [2.24, 2.45) is 5.41 Å². The van der Waals surface area contributed by atoms with Crippen molar-refractivity contribution in [1.29, 1.82) is 0 Å². The largest absolute Gasteiger partial charge is 0.480 e. The zero-order chi connectivity index (χ0) is 13.3. The summed E-state index contributed by atoms with van der Waals surface area (Å²) in [5.74, 6) is -2.36. The fourth-order valence-electron chi connectivity index (χ4n) is 1.28. The molecule has 0 bridgehead atoms. The molecule has 2 N–H and O–H groups in total. The Labute approximate surface area is 96.2 Å². The van der Waals surface area contributed by atoms with Crippen molar-refractivity contribution in [3.63, 3.8) is 0 Å². The number of carbonyl (C=O) groups excluding carboxylic acids is 1. The molecule has 1 saturated carbocycles. The Balaban J connectivity index is 2.66. The van der Waals surface area contributed by atoms with E-state index in [1.165, 1.54) is 0 Å². The number of amides is 1. The van der Waals surface area contributed by atoms with Gasteiger partial charge in [0.1, 0.15) is 5.41 Å². The number of nitrogens with one attached hydrogen (secondary N) is 1. The van der Waals surface area contributed by atoms with Gasteiger partial charge in [0.2, 0.25) is 5.91 Å². The van der Waals surface area contributed by atoms with Crippen LogP contribution in [0.4, 0.5) is 13.2 Å². The number of hydrogen-bond donors (Lipinski definition) is 2. The van der Waals surface area contributed by atoms with E-state index < -0.39 is 36.3 Å². The Morgan fingerprint density at radius 2 is 1.82 bits per heavy atom. The predicted molar refractivity (Wildman–Crippen MR) is 52.2 cm³/mol. The van der Waals surface area contributed by atoms with E-state index >= 15 is 0 Å². The summed E-state index contributed by atoms with van der Waals surface area (Å²) in [5.41, 5.74) is -2.02. The lowest BCUT2D eigenvalue weighted by molar-refractivity contribution is -0.162. The number of halogens is 3. The van der Waals surface area contributed by atoms with Crippen LogP contribution in [0.1, 0.15) is 32.6 Å². The molecule has 1 aliphatic rings. The van der Waals surface area contributed by atoms with Crippen molar-refractivity contribution in [3.8, 4) is 0 Å². The quantitative estimate of drug-likeness (QED) is 0.733. The van der Waals surface area contributed by atoms with Crippen molar-refractivity contribution in [2.45, 2.75) is 44.8 Å². The van der Waals surface area contributed by atoms with E-state index in [2.05, 4.69) is 5.32 Å². The van der Waals surface area contributed by atoms with E-state index in [9.17, 15) is 22.8 Å². The van der Waals surface area contributed by atoms with Gasteiger partial charge in [-0.3, -0.25) is 9.59 Å². The van der Waals surface area contributed by atoms with Gasteiger partial charge in [0, 0.05) is 12.5 Å². The van der Waals surface area contributed by atoms with Gasteiger partial charge >= 0.3 is 12.1 Å². The van der Waals surface area contributed by atoms with Gasteiger partial charge in [-0.2, -0.15) is 13.2 Å². The van der Waals surface area contributed by atoms with E-state index in [1.807, 2.05) is 0 Å². The second kappa shape index (κ2) is 4.54. The molecular formula is C10H14F3NO3. The molecule has 0 aromatic rings. The minimum absolute atomic E-state index is 0.0768. The van der Waals surface area contributed by atoms with Gasteiger partial charge in [-0.05, 0) is 26.2 Å². The normalized spacial score (nSPS) is 19.5. The maximum Gasteiger partial charge on any atom is 0.389 e. The predicted octanol–water partition coefficient (Wildman–Crippen LogP) is 1.70. The Hall–Kier alpha value is -1.27. The molecule has 0 radical (unpaired) electrons. The minimum Gasteiger partial charge on any atom is -0.480 e. The van der Waals surface area contributed by atoms with Crippen LogP contribution in [0.3, 0.4) is 0 Å². The summed E-state index contributed by atoms with van der Waals surface area (Å²) in [5, 5.41) is 11.3. The summed E-state index contributed by atoms with van der Waals surface area (Å²) in [4.78, 5) is 22.6. The van der Waals surface area contributed by atoms with Gasteiger partial charge in [-0.1, -0.05) is 0 Å². The first-order valence-electron chi connectivity index (χ1n) is 5.26. The fourth-order valence-corrected chi connectivity index (χ4v) is 1.28. The molecule has 0 aromatic carbocycles. The summed E-state index contributed by atoms with van der Waals surface area (Å²) >= 11 is 0. The van der Waals surface area contributed by atoms with Crippen molar-refractivity contribution in [3.05, 3.63) is 0 Å². The SMILES string of the molecule is CC(CCC(F)(F)F)(C(=O)O)C(=O)NC1CC1. The number of aliphatic carboxylic acids is 1. The van der Waals surface area contributed by atoms with Crippen LogP contribution in [0.5, 0.6) is 0 Å². The molecule has 7 heteroatoms. The standard InChI is InChI=1S/C10H14F3NO3/c1-9(8(16)17,4-5-10(11,12)13)7(15)14-6-2-3-6/h6H,2-5H2,1H3,(H,14,15)(H,16,17). The maximum atomic E-state index is 12.1. The highest BCUT2D eigenvalue weighted by atomic mass is 19.4. The van der Waals surface area contributed by atoms with Crippen LogP contribution in [-0.4, -0.2) is 29.2 Å². The van der Waals surface area contributed by atoms with Crippen LogP contribution < -0.4 is 5.32 Å². The molecule has 98 valence electrons. The van der Waals surface area contributed by atoms with E-state index in [1.54, 1.807) is 0 Å². The second-order valence-corrected chi connectivity index (χ2v) is 4.50. The summed E-state index contributed by atoms with van der Waals surface area (Å²) in [6, 6.07) is -0.0768. The summed E-state index contributed by atoms with van der Waals surface area (Å²) in [6.45, 7) is 1.03. The monoisotopic (exact) mass is 253 g/mol. The minimum atomic E-state index is -4.46. The van der Waals surface area contributed by atoms with Crippen LogP contribution in [0.15, 0.2) is 0 Å². The molecular weight excluding hydrogens is 239 g/mol. The maximum absolute atomic E-state index is 12.1.